The quantitative estimate of drug-likeness (QED) is 0.326. The fourth-order valence-electron chi connectivity index (χ4n) is 4.65. The average Bonchev–Trinajstić information content (AvgIpc) is 3.52. The second-order valence-electron chi connectivity index (χ2n) is 9.92. The fourth-order valence-corrected chi connectivity index (χ4v) is 4.65. The van der Waals surface area contributed by atoms with E-state index in [4.69, 9.17) is 0 Å². The number of aromatic nitrogens is 4. The van der Waals surface area contributed by atoms with Crippen LogP contribution < -0.4 is 5.32 Å². The van der Waals surface area contributed by atoms with Crippen molar-refractivity contribution in [3.63, 3.8) is 0 Å². The van der Waals surface area contributed by atoms with Gasteiger partial charge in [0.05, 0.1) is 5.56 Å². The zero-order valence-corrected chi connectivity index (χ0v) is 21.3. The first-order valence-corrected chi connectivity index (χ1v) is 12.5. The van der Waals surface area contributed by atoms with Crippen LogP contribution in [0, 0.1) is 24.5 Å². The number of ketones is 1. The van der Waals surface area contributed by atoms with Crippen molar-refractivity contribution >= 4 is 17.5 Å². The summed E-state index contributed by atoms with van der Waals surface area (Å²) in [5, 5.41) is 10.7. The van der Waals surface area contributed by atoms with Crippen LogP contribution in [0.2, 0.25) is 0 Å². The molecule has 1 aliphatic carbocycles. The SMILES string of the molecule is Cc1cc(F)c(C(=O)Nc2cccc(-c3nncn3C(C)C)n2)cc1CC(=O)C1CC1c1ccc(F)cc1. The summed E-state index contributed by atoms with van der Waals surface area (Å²) in [6.45, 7) is 5.70. The maximum absolute atomic E-state index is 14.8. The number of halogens is 2. The minimum atomic E-state index is -0.678. The van der Waals surface area contributed by atoms with Crippen LogP contribution in [0.1, 0.15) is 59.3 Å². The zero-order chi connectivity index (χ0) is 27.0. The Morgan fingerprint density at radius 2 is 1.87 bits per heavy atom. The number of carbonyl (C=O) groups excluding carboxylic acids is 2. The molecule has 2 heterocycles. The summed E-state index contributed by atoms with van der Waals surface area (Å²) in [7, 11) is 0. The monoisotopic (exact) mass is 515 g/mol. The predicted molar refractivity (Wildman–Crippen MR) is 139 cm³/mol. The summed E-state index contributed by atoms with van der Waals surface area (Å²) in [4.78, 5) is 30.5. The third-order valence-electron chi connectivity index (χ3n) is 6.89. The lowest BCUT2D eigenvalue weighted by Gasteiger charge is -2.12. The van der Waals surface area contributed by atoms with Gasteiger partial charge in [-0.1, -0.05) is 18.2 Å². The molecular weight excluding hydrogens is 488 g/mol. The van der Waals surface area contributed by atoms with E-state index in [9.17, 15) is 18.4 Å². The van der Waals surface area contributed by atoms with Crippen LogP contribution in [0.3, 0.4) is 0 Å². The van der Waals surface area contributed by atoms with Gasteiger partial charge in [0.2, 0.25) is 0 Å². The Morgan fingerprint density at radius 1 is 1.11 bits per heavy atom. The highest BCUT2D eigenvalue weighted by Gasteiger charge is 2.43. The van der Waals surface area contributed by atoms with Gasteiger partial charge in [0.25, 0.3) is 5.91 Å². The lowest BCUT2D eigenvalue weighted by molar-refractivity contribution is -0.119. The first-order valence-electron chi connectivity index (χ1n) is 12.5. The number of aryl methyl sites for hydroxylation is 1. The topological polar surface area (TPSA) is 89.8 Å². The molecule has 0 bridgehead atoms. The third kappa shape index (κ3) is 5.22. The number of hydrogen-bond donors (Lipinski definition) is 1. The van der Waals surface area contributed by atoms with Gasteiger partial charge < -0.3 is 9.88 Å². The van der Waals surface area contributed by atoms with E-state index >= 15 is 0 Å². The molecule has 7 nitrogen and oxygen atoms in total. The summed E-state index contributed by atoms with van der Waals surface area (Å²) in [6.07, 6.45) is 2.40. The van der Waals surface area contributed by atoms with Crippen molar-refractivity contribution in [3.8, 4) is 11.5 Å². The smallest absolute Gasteiger partial charge is 0.259 e. The first-order chi connectivity index (χ1) is 18.2. The highest BCUT2D eigenvalue weighted by atomic mass is 19.1. The van der Waals surface area contributed by atoms with E-state index in [1.807, 2.05) is 18.4 Å². The van der Waals surface area contributed by atoms with Crippen LogP contribution >= 0.6 is 0 Å². The zero-order valence-electron chi connectivity index (χ0n) is 21.3. The van der Waals surface area contributed by atoms with E-state index in [1.54, 1.807) is 43.6 Å². The van der Waals surface area contributed by atoms with E-state index in [0.717, 1.165) is 5.56 Å². The Morgan fingerprint density at radius 3 is 2.61 bits per heavy atom. The van der Waals surface area contributed by atoms with Gasteiger partial charge in [-0.2, -0.15) is 0 Å². The number of anilines is 1. The van der Waals surface area contributed by atoms with Gasteiger partial charge in [-0.3, -0.25) is 9.59 Å². The van der Waals surface area contributed by atoms with Crippen molar-refractivity contribution in [1.82, 2.24) is 19.7 Å². The molecule has 1 amide bonds. The number of hydrogen-bond acceptors (Lipinski definition) is 5. The van der Waals surface area contributed by atoms with Crippen molar-refractivity contribution in [2.24, 2.45) is 5.92 Å². The fraction of sp³-hybridized carbons (Fsp3) is 0.276. The maximum atomic E-state index is 14.8. The van der Waals surface area contributed by atoms with E-state index in [-0.39, 0.29) is 47.3 Å². The van der Waals surface area contributed by atoms with E-state index in [1.165, 1.54) is 24.3 Å². The Bertz CT molecular complexity index is 1510. The normalized spacial score (nSPS) is 16.5. The van der Waals surface area contributed by atoms with Gasteiger partial charge >= 0.3 is 0 Å². The van der Waals surface area contributed by atoms with Gasteiger partial charge in [-0.05, 0) is 86.2 Å². The molecule has 1 N–H and O–H groups in total. The summed E-state index contributed by atoms with van der Waals surface area (Å²) in [5.41, 5.74) is 2.48. The number of pyridine rings is 1. The van der Waals surface area contributed by atoms with Crippen molar-refractivity contribution < 1.29 is 18.4 Å². The van der Waals surface area contributed by atoms with Gasteiger partial charge in [0.15, 0.2) is 5.82 Å². The molecule has 0 aliphatic heterocycles. The molecule has 2 aromatic heterocycles. The molecule has 2 aromatic carbocycles. The standard InChI is InChI=1S/C29H27F2N5O2/c1-16(2)36-15-32-35-28(36)25-5-4-6-27(33-25)34-29(38)23-12-19(17(3)11-24(23)31)13-26(37)22-14-21(22)18-7-9-20(30)10-8-18/h4-12,15-16,21-22H,13-14H2,1-3H3,(H,33,34,38). The third-order valence-corrected chi connectivity index (χ3v) is 6.89. The molecule has 0 spiro atoms. The molecule has 2 unspecified atom stereocenters. The number of benzene rings is 2. The van der Waals surface area contributed by atoms with Crippen molar-refractivity contribution in [2.75, 3.05) is 5.32 Å². The first kappa shape index (κ1) is 25.4. The van der Waals surface area contributed by atoms with Crippen LogP contribution in [0.25, 0.3) is 11.5 Å². The van der Waals surface area contributed by atoms with E-state index in [0.29, 0.717) is 29.1 Å². The average molecular weight is 516 g/mol. The predicted octanol–water partition coefficient (Wildman–Crippen LogP) is 5.68. The highest BCUT2D eigenvalue weighted by Crippen LogP contribution is 2.48. The molecular formula is C29H27F2N5O2. The second kappa shape index (κ2) is 10.2. The molecule has 9 heteroatoms. The van der Waals surface area contributed by atoms with Crippen LogP contribution in [0.15, 0.2) is 60.9 Å². The van der Waals surface area contributed by atoms with Crippen LogP contribution in [-0.2, 0) is 11.2 Å². The number of rotatable bonds is 8. The van der Waals surface area contributed by atoms with Crippen molar-refractivity contribution in [2.45, 2.75) is 45.6 Å². The molecule has 4 aromatic rings. The number of nitrogens with one attached hydrogen (secondary N) is 1. The lowest BCUT2D eigenvalue weighted by Crippen LogP contribution is -2.17. The Hall–Kier alpha value is -4.27. The summed E-state index contributed by atoms with van der Waals surface area (Å²) >= 11 is 0. The Labute approximate surface area is 218 Å². The minimum absolute atomic E-state index is 0.0176. The van der Waals surface area contributed by atoms with E-state index < -0.39 is 11.7 Å². The lowest BCUT2D eigenvalue weighted by atomic mass is 9.97. The summed E-state index contributed by atoms with van der Waals surface area (Å²) in [6, 6.07) is 14.1. The molecule has 1 aliphatic rings. The van der Waals surface area contributed by atoms with Gasteiger partial charge in [-0.25, -0.2) is 13.8 Å². The summed E-state index contributed by atoms with van der Waals surface area (Å²) in [5.74, 6) is -0.950. The molecule has 0 saturated heterocycles. The molecule has 194 valence electrons. The largest absolute Gasteiger partial charge is 0.310 e. The molecule has 1 fully saturated rings. The van der Waals surface area contributed by atoms with Crippen LogP contribution in [0.5, 0.6) is 0 Å². The van der Waals surface area contributed by atoms with Gasteiger partial charge in [-0.15, -0.1) is 10.2 Å². The van der Waals surface area contributed by atoms with Crippen LogP contribution in [-0.4, -0.2) is 31.4 Å². The van der Waals surface area contributed by atoms with Crippen LogP contribution in [0.4, 0.5) is 14.6 Å². The molecule has 5 rings (SSSR count). The van der Waals surface area contributed by atoms with Crippen molar-refractivity contribution in [3.05, 3.63) is 94.8 Å². The number of carbonyl (C=O) groups is 2. The summed E-state index contributed by atoms with van der Waals surface area (Å²) < 4.78 is 29.9. The second-order valence-corrected chi connectivity index (χ2v) is 9.92. The number of nitrogens with zero attached hydrogens (tertiary/aromatic N) is 4. The Balaban J connectivity index is 1.31. The molecule has 38 heavy (non-hydrogen) atoms. The minimum Gasteiger partial charge on any atom is -0.310 e. The Kier molecular flexibility index (Phi) is 6.84. The number of Topliss-reactive ketones (excluding diaryl/α,β-unsaturated/α-hetero) is 1. The molecule has 2 atom stereocenters. The highest BCUT2D eigenvalue weighted by molar-refractivity contribution is 6.04. The number of amides is 1. The van der Waals surface area contributed by atoms with Gasteiger partial charge in [0.1, 0.15) is 35.3 Å². The maximum Gasteiger partial charge on any atom is 0.259 e. The van der Waals surface area contributed by atoms with Crippen molar-refractivity contribution in [1.29, 1.82) is 0 Å². The van der Waals surface area contributed by atoms with E-state index in [2.05, 4.69) is 20.5 Å². The van der Waals surface area contributed by atoms with Gasteiger partial charge in [0, 0.05) is 18.4 Å². The molecule has 0 radical (unpaired) electrons. The molecule has 1 saturated carbocycles.